The summed E-state index contributed by atoms with van der Waals surface area (Å²) in [7, 11) is 0. The molecule has 0 saturated heterocycles. The van der Waals surface area contributed by atoms with Gasteiger partial charge in [-0.15, -0.1) is 0 Å². The van der Waals surface area contributed by atoms with Gasteiger partial charge < -0.3 is 9.64 Å². The standard InChI is InChI=1S/C17H34N2O2/c1-7-21-16(20)17(6,18-15-8-9-15)10-11-19(14(4)5)12-13(2)3/h13-15,18H,7-12H2,1-6H3. The average molecular weight is 298 g/mol. The number of carbonyl (C=O) groups is 1. The molecule has 1 N–H and O–H groups in total. The summed E-state index contributed by atoms with van der Waals surface area (Å²) in [6, 6.07) is 0.997. The maximum Gasteiger partial charge on any atom is 0.326 e. The molecule has 1 aliphatic rings. The van der Waals surface area contributed by atoms with Crippen LogP contribution in [0.4, 0.5) is 0 Å². The first-order chi connectivity index (χ1) is 9.78. The molecule has 4 heteroatoms. The zero-order chi connectivity index (χ0) is 16.0. The van der Waals surface area contributed by atoms with Crippen LogP contribution >= 0.6 is 0 Å². The van der Waals surface area contributed by atoms with Gasteiger partial charge in [-0.05, 0) is 52.9 Å². The Hall–Kier alpha value is -0.610. The third-order valence-corrected chi connectivity index (χ3v) is 4.05. The molecule has 1 saturated carbocycles. The number of nitrogens with one attached hydrogen (secondary N) is 1. The summed E-state index contributed by atoms with van der Waals surface area (Å²) < 4.78 is 5.29. The Labute approximate surface area is 130 Å². The number of esters is 1. The number of rotatable bonds is 10. The van der Waals surface area contributed by atoms with Gasteiger partial charge in [0.25, 0.3) is 0 Å². The number of hydrogen-bond donors (Lipinski definition) is 1. The second-order valence-electron chi connectivity index (χ2n) is 7.20. The van der Waals surface area contributed by atoms with Crippen LogP contribution in [0.15, 0.2) is 0 Å². The van der Waals surface area contributed by atoms with Crippen LogP contribution in [0, 0.1) is 5.92 Å². The van der Waals surface area contributed by atoms with Crippen LogP contribution < -0.4 is 5.32 Å². The molecule has 0 heterocycles. The van der Waals surface area contributed by atoms with Crippen molar-refractivity contribution in [3.05, 3.63) is 0 Å². The molecule has 4 nitrogen and oxygen atoms in total. The molecule has 0 spiro atoms. The molecule has 0 aromatic rings. The Bertz CT molecular complexity index is 327. The monoisotopic (exact) mass is 298 g/mol. The van der Waals surface area contributed by atoms with Crippen LogP contribution in [-0.2, 0) is 9.53 Å². The molecule has 0 amide bonds. The second-order valence-corrected chi connectivity index (χ2v) is 7.20. The smallest absolute Gasteiger partial charge is 0.326 e. The van der Waals surface area contributed by atoms with Gasteiger partial charge in [-0.2, -0.15) is 0 Å². The number of hydrogen-bond acceptors (Lipinski definition) is 4. The molecule has 1 fully saturated rings. The summed E-state index contributed by atoms with van der Waals surface area (Å²) in [5, 5.41) is 3.50. The van der Waals surface area contributed by atoms with Gasteiger partial charge in [0, 0.05) is 25.2 Å². The Kier molecular flexibility index (Phi) is 7.14. The molecule has 0 aliphatic heterocycles. The molecule has 1 atom stereocenters. The molecular weight excluding hydrogens is 264 g/mol. The number of carbonyl (C=O) groups excluding carboxylic acids is 1. The molecular formula is C17H34N2O2. The molecule has 0 aromatic carbocycles. The molecule has 124 valence electrons. The maximum absolute atomic E-state index is 12.3. The Morgan fingerprint density at radius 1 is 1.33 bits per heavy atom. The van der Waals surface area contributed by atoms with E-state index in [1.165, 1.54) is 12.8 Å². The Balaban J connectivity index is 2.63. The number of nitrogens with zero attached hydrogens (tertiary/aromatic N) is 1. The summed E-state index contributed by atoms with van der Waals surface area (Å²) >= 11 is 0. The van der Waals surface area contributed by atoms with Gasteiger partial charge in [0.1, 0.15) is 5.54 Å². The molecule has 1 aliphatic carbocycles. The van der Waals surface area contributed by atoms with Gasteiger partial charge >= 0.3 is 5.97 Å². The zero-order valence-electron chi connectivity index (χ0n) is 14.7. The summed E-state index contributed by atoms with van der Waals surface area (Å²) in [5.74, 6) is 0.530. The van der Waals surface area contributed by atoms with Gasteiger partial charge in [0.05, 0.1) is 6.61 Å². The molecule has 21 heavy (non-hydrogen) atoms. The van der Waals surface area contributed by atoms with Crippen LogP contribution in [0.2, 0.25) is 0 Å². The minimum Gasteiger partial charge on any atom is -0.465 e. The third kappa shape index (κ3) is 6.35. The topological polar surface area (TPSA) is 41.6 Å². The predicted molar refractivity (Wildman–Crippen MR) is 87.4 cm³/mol. The van der Waals surface area contributed by atoms with Crippen molar-refractivity contribution in [1.82, 2.24) is 10.2 Å². The van der Waals surface area contributed by atoms with E-state index in [1.807, 2.05) is 13.8 Å². The van der Waals surface area contributed by atoms with E-state index in [4.69, 9.17) is 4.74 Å². The van der Waals surface area contributed by atoms with E-state index >= 15 is 0 Å². The second kappa shape index (κ2) is 8.14. The summed E-state index contributed by atoms with van der Waals surface area (Å²) in [6.45, 7) is 15.2. The van der Waals surface area contributed by atoms with E-state index in [0.29, 0.717) is 24.6 Å². The average Bonchev–Trinajstić information content (AvgIpc) is 3.17. The van der Waals surface area contributed by atoms with Gasteiger partial charge in [0.15, 0.2) is 0 Å². The van der Waals surface area contributed by atoms with Crippen molar-refractivity contribution in [2.75, 3.05) is 19.7 Å². The van der Waals surface area contributed by atoms with Gasteiger partial charge in [-0.3, -0.25) is 10.1 Å². The van der Waals surface area contributed by atoms with E-state index in [9.17, 15) is 4.79 Å². The first-order valence-electron chi connectivity index (χ1n) is 8.47. The first-order valence-corrected chi connectivity index (χ1v) is 8.47. The fraction of sp³-hybridized carbons (Fsp3) is 0.941. The Morgan fingerprint density at radius 2 is 1.95 bits per heavy atom. The first kappa shape index (κ1) is 18.4. The van der Waals surface area contributed by atoms with Crippen molar-refractivity contribution < 1.29 is 9.53 Å². The fourth-order valence-corrected chi connectivity index (χ4v) is 2.60. The number of ether oxygens (including phenoxy) is 1. The quantitative estimate of drug-likeness (QED) is 0.630. The van der Waals surface area contributed by atoms with Crippen LogP contribution in [-0.4, -0.2) is 48.2 Å². The maximum atomic E-state index is 12.3. The third-order valence-electron chi connectivity index (χ3n) is 4.05. The van der Waals surface area contributed by atoms with Crippen LogP contribution in [0.5, 0.6) is 0 Å². The highest BCUT2D eigenvalue weighted by Gasteiger charge is 2.39. The van der Waals surface area contributed by atoms with Crippen LogP contribution in [0.3, 0.4) is 0 Å². The van der Waals surface area contributed by atoms with Crippen molar-refractivity contribution in [3.63, 3.8) is 0 Å². The molecule has 0 radical (unpaired) electrons. The molecule has 0 bridgehead atoms. The summed E-state index contributed by atoms with van der Waals surface area (Å²) in [4.78, 5) is 14.8. The summed E-state index contributed by atoms with van der Waals surface area (Å²) in [5.41, 5.74) is -0.554. The predicted octanol–water partition coefficient (Wildman–Crippen LogP) is 2.82. The van der Waals surface area contributed by atoms with Crippen molar-refractivity contribution in [1.29, 1.82) is 0 Å². The highest BCUT2D eigenvalue weighted by molar-refractivity contribution is 5.80. The van der Waals surface area contributed by atoms with Crippen molar-refractivity contribution in [3.8, 4) is 0 Å². The SMILES string of the molecule is CCOC(=O)C(C)(CCN(CC(C)C)C(C)C)NC1CC1. The van der Waals surface area contributed by atoms with E-state index in [0.717, 1.165) is 19.5 Å². The van der Waals surface area contributed by atoms with Crippen molar-refractivity contribution >= 4 is 5.97 Å². The lowest BCUT2D eigenvalue weighted by Crippen LogP contribution is -2.53. The lowest BCUT2D eigenvalue weighted by Gasteiger charge is -2.34. The lowest BCUT2D eigenvalue weighted by atomic mass is 9.96. The summed E-state index contributed by atoms with van der Waals surface area (Å²) in [6.07, 6.45) is 3.15. The van der Waals surface area contributed by atoms with Gasteiger partial charge in [-0.1, -0.05) is 13.8 Å². The molecule has 1 unspecified atom stereocenters. The highest BCUT2D eigenvalue weighted by atomic mass is 16.5. The minimum atomic E-state index is -0.554. The van der Waals surface area contributed by atoms with E-state index in [2.05, 4.69) is 37.9 Å². The van der Waals surface area contributed by atoms with Gasteiger partial charge in [0.2, 0.25) is 0 Å². The zero-order valence-corrected chi connectivity index (χ0v) is 14.7. The normalized spacial score (nSPS) is 18.3. The van der Waals surface area contributed by atoms with Crippen LogP contribution in [0.1, 0.15) is 60.8 Å². The van der Waals surface area contributed by atoms with Crippen molar-refractivity contribution in [2.45, 2.75) is 78.4 Å². The lowest BCUT2D eigenvalue weighted by molar-refractivity contribution is -0.151. The molecule has 1 rings (SSSR count). The molecule has 0 aromatic heterocycles. The minimum absolute atomic E-state index is 0.106. The van der Waals surface area contributed by atoms with Gasteiger partial charge in [-0.25, -0.2) is 0 Å². The van der Waals surface area contributed by atoms with E-state index < -0.39 is 5.54 Å². The highest BCUT2D eigenvalue weighted by Crippen LogP contribution is 2.25. The van der Waals surface area contributed by atoms with E-state index in [-0.39, 0.29) is 5.97 Å². The Morgan fingerprint density at radius 3 is 2.38 bits per heavy atom. The van der Waals surface area contributed by atoms with Crippen molar-refractivity contribution in [2.24, 2.45) is 5.92 Å². The fourth-order valence-electron chi connectivity index (χ4n) is 2.60. The largest absolute Gasteiger partial charge is 0.465 e. The van der Waals surface area contributed by atoms with Crippen LogP contribution in [0.25, 0.3) is 0 Å². The van der Waals surface area contributed by atoms with E-state index in [1.54, 1.807) is 0 Å².